The van der Waals surface area contributed by atoms with Crippen LogP contribution in [0, 0.1) is 13.8 Å². The second-order valence-corrected chi connectivity index (χ2v) is 5.92. The summed E-state index contributed by atoms with van der Waals surface area (Å²) >= 11 is 0. The van der Waals surface area contributed by atoms with Crippen LogP contribution in [0.25, 0.3) is 0 Å². The lowest BCUT2D eigenvalue weighted by molar-refractivity contribution is 0.0695. The first-order chi connectivity index (χ1) is 10.4. The third kappa shape index (κ3) is 4.16. The van der Waals surface area contributed by atoms with Crippen LogP contribution in [0.15, 0.2) is 12.1 Å². The molecule has 1 saturated heterocycles. The fourth-order valence-corrected chi connectivity index (χ4v) is 2.85. The van der Waals surface area contributed by atoms with E-state index in [1.807, 2.05) is 13.0 Å². The minimum atomic E-state index is -2.32. The number of hydrogen-bond acceptors (Lipinski definition) is 3. The number of rotatable bonds is 4. The van der Waals surface area contributed by atoms with Gasteiger partial charge < -0.3 is 10.4 Å². The van der Waals surface area contributed by atoms with Gasteiger partial charge in [0.05, 0.1) is 12.1 Å². The summed E-state index contributed by atoms with van der Waals surface area (Å²) in [6, 6.07) is 3.43. The first-order valence-corrected chi connectivity index (χ1v) is 7.48. The Hall–Kier alpha value is -1.69. The molecule has 1 aliphatic heterocycles. The lowest BCUT2D eigenvalue weighted by Crippen LogP contribution is -2.45. The fourth-order valence-electron chi connectivity index (χ4n) is 2.85. The van der Waals surface area contributed by atoms with Crippen LogP contribution in [0.4, 0.5) is 8.78 Å². The maximum Gasteiger partial charge on any atom is 0.255 e. The second-order valence-electron chi connectivity index (χ2n) is 5.92. The number of piperidine rings is 1. The van der Waals surface area contributed by atoms with Gasteiger partial charge in [0.1, 0.15) is 5.75 Å². The van der Waals surface area contributed by atoms with Crippen molar-refractivity contribution in [1.82, 2.24) is 10.2 Å². The molecular formula is C16H22F2N2O2. The molecule has 2 N–H and O–H groups in total. The normalized spacial score (nSPS) is 17.0. The van der Waals surface area contributed by atoms with Crippen molar-refractivity contribution in [2.24, 2.45) is 0 Å². The van der Waals surface area contributed by atoms with Crippen molar-refractivity contribution in [1.29, 1.82) is 0 Å². The van der Waals surface area contributed by atoms with Gasteiger partial charge in [-0.25, -0.2) is 8.78 Å². The lowest BCUT2D eigenvalue weighted by atomic mass is 10.0. The van der Waals surface area contributed by atoms with E-state index in [9.17, 15) is 18.7 Å². The molecule has 122 valence electrons. The van der Waals surface area contributed by atoms with Gasteiger partial charge in [-0.2, -0.15) is 0 Å². The van der Waals surface area contributed by atoms with Gasteiger partial charge >= 0.3 is 0 Å². The molecule has 1 aromatic rings. The summed E-state index contributed by atoms with van der Waals surface area (Å²) in [5, 5.41) is 12.9. The van der Waals surface area contributed by atoms with Gasteiger partial charge in [0, 0.05) is 19.1 Å². The fraction of sp³-hybridized carbons (Fsp3) is 0.562. The number of aryl methyl sites for hydroxylation is 2. The van der Waals surface area contributed by atoms with Crippen molar-refractivity contribution < 1.29 is 18.7 Å². The van der Waals surface area contributed by atoms with Gasteiger partial charge in [0.15, 0.2) is 0 Å². The van der Waals surface area contributed by atoms with Gasteiger partial charge in [-0.05, 0) is 43.9 Å². The van der Waals surface area contributed by atoms with Gasteiger partial charge in [-0.3, -0.25) is 9.69 Å². The summed E-state index contributed by atoms with van der Waals surface area (Å²) in [7, 11) is 0. The predicted octanol–water partition coefficient (Wildman–Crippen LogP) is 2.47. The quantitative estimate of drug-likeness (QED) is 0.898. The number of halogens is 2. The lowest BCUT2D eigenvalue weighted by Gasteiger charge is -2.32. The number of carbonyl (C=O) groups is 1. The van der Waals surface area contributed by atoms with E-state index in [-0.39, 0.29) is 29.8 Å². The van der Waals surface area contributed by atoms with Crippen molar-refractivity contribution in [2.45, 2.75) is 39.2 Å². The average molecular weight is 312 g/mol. The zero-order valence-electron chi connectivity index (χ0n) is 12.9. The second kappa shape index (κ2) is 7.05. The Balaban J connectivity index is 1.94. The highest BCUT2D eigenvalue weighted by atomic mass is 19.3. The summed E-state index contributed by atoms with van der Waals surface area (Å²) in [4.78, 5) is 14.0. The molecule has 0 aliphatic carbocycles. The Morgan fingerprint density at radius 1 is 1.36 bits per heavy atom. The van der Waals surface area contributed by atoms with Crippen LogP contribution in [0.1, 0.15) is 34.3 Å². The first kappa shape index (κ1) is 16.7. The Morgan fingerprint density at radius 2 is 2.00 bits per heavy atom. The first-order valence-electron chi connectivity index (χ1n) is 7.48. The molecule has 0 spiro atoms. The third-order valence-corrected chi connectivity index (χ3v) is 4.01. The van der Waals surface area contributed by atoms with Gasteiger partial charge in [0.2, 0.25) is 0 Å². The van der Waals surface area contributed by atoms with Crippen LogP contribution in [0.2, 0.25) is 0 Å². The highest BCUT2D eigenvalue weighted by molar-refractivity contribution is 5.97. The molecule has 4 nitrogen and oxygen atoms in total. The van der Waals surface area contributed by atoms with E-state index in [1.165, 1.54) is 0 Å². The number of carbonyl (C=O) groups excluding carboxylic acids is 1. The van der Waals surface area contributed by atoms with Crippen molar-refractivity contribution in [3.05, 3.63) is 28.8 Å². The standard InChI is InChI=1S/C16H22F2N2O2/c1-10-7-11(2)15(21)13(8-10)16(22)19-12-3-5-20(6-4-12)9-14(17)18/h7-8,12,14,21H,3-6,9H2,1-2H3,(H,19,22). The average Bonchev–Trinajstić information content (AvgIpc) is 2.44. The molecule has 2 rings (SSSR count). The van der Waals surface area contributed by atoms with E-state index in [0.717, 1.165) is 5.56 Å². The number of amides is 1. The number of phenolic OH excluding ortho intramolecular Hbond substituents is 1. The molecule has 0 unspecified atom stereocenters. The Labute approximate surface area is 129 Å². The van der Waals surface area contributed by atoms with Crippen LogP contribution in [0.3, 0.4) is 0 Å². The van der Waals surface area contributed by atoms with Crippen LogP contribution in [-0.4, -0.2) is 48.0 Å². The molecule has 1 fully saturated rings. The molecule has 1 amide bonds. The van der Waals surface area contributed by atoms with E-state index in [0.29, 0.717) is 31.5 Å². The Bertz CT molecular complexity index is 541. The molecular weight excluding hydrogens is 290 g/mol. The van der Waals surface area contributed by atoms with Crippen molar-refractivity contribution in [3.63, 3.8) is 0 Å². The summed E-state index contributed by atoms with van der Waals surface area (Å²) in [5.41, 5.74) is 1.84. The zero-order chi connectivity index (χ0) is 16.3. The third-order valence-electron chi connectivity index (χ3n) is 4.01. The van der Waals surface area contributed by atoms with Gasteiger partial charge in [-0.1, -0.05) is 6.07 Å². The maximum atomic E-state index is 12.3. The molecule has 0 bridgehead atoms. The monoisotopic (exact) mass is 312 g/mol. The van der Waals surface area contributed by atoms with E-state index >= 15 is 0 Å². The minimum Gasteiger partial charge on any atom is -0.507 e. The number of hydrogen-bond donors (Lipinski definition) is 2. The van der Waals surface area contributed by atoms with Crippen LogP contribution in [0.5, 0.6) is 5.75 Å². The summed E-state index contributed by atoms with van der Waals surface area (Å²) in [6.45, 7) is 4.51. The molecule has 1 heterocycles. The van der Waals surface area contributed by atoms with Crippen LogP contribution < -0.4 is 5.32 Å². The smallest absolute Gasteiger partial charge is 0.255 e. The Kier molecular flexibility index (Phi) is 5.34. The molecule has 0 radical (unpaired) electrons. The molecule has 6 heteroatoms. The SMILES string of the molecule is Cc1cc(C)c(O)c(C(=O)NC2CCN(CC(F)F)CC2)c1. The number of likely N-dealkylation sites (tertiary alicyclic amines) is 1. The largest absolute Gasteiger partial charge is 0.507 e. The molecule has 22 heavy (non-hydrogen) atoms. The number of nitrogens with one attached hydrogen (secondary N) is 1. The number of aromatic hydroxyl groups is 1. The topological polar surface area (TPSA) is 52.6 Å². The number of alkyl halides is 2. The molecule has 1 aliphatic rings. The van der Waals surface area contributed by atoms with E-state index in [4.69, 9.17) is 0 Å². The highest BCUT2D eigenvalue weighted by Gasteiger charge is 2.24. The maximum absolute atomic E-state index is 12.3. The molecule has 1 aromatic carbocycles. The van der Waals surface area contributed by atoms with Crippen molar-refractivity contribution in [3.8, 4) is 5.75 Å². The molecule has 0 atom stereocenters. The number of benzene rings is 1. The highest BCUT2D eigenvalue weighted by Crippen LogP contribution is 2.24. The minimum absolute atomic E-state index is 0.00163. The van der Waals surface area contributed by atoms with Crippen molar-refractivity contribution in [2.75, 3.05) is 19.6 Å². The zero-order valence-corrected chi connectivity index (χ0v) is 12.9. The summed E-state index contributed by atoms with van der Waals surface area (Å²) in [6.07, 6.45) is -1.04. The van der Waals surface area contributed by atoms with E-state index < -0.39 is 6.43 Å². The Morgan fingerprint density at radius 3 is 2.59 bits per heavy atom. The van der Waals surface area contributed by atoms with E-state index in [2.05, 4.69) is 5.32 Å². The summed E-state index contributed by atoms with van der Waals surface area (Å²) in [5.74, 6) is -0.310. The number of phenols is 1. The van der Waals surface area contributed by atoms with Crippen LogP contribution >= 0.6 is 0 Å². The van der Waals surface area contributed by atoms with Gasteiger partial charge in [-0.15, -0.1) is 0 Å². The van der Waals surface area contributed by atoms with Gasteiger partial charge in [0.25, 0.3) is 12.3 Å². The number of nitrogens with zero attached hydrogens (tertiary/aromatic N) is 1. The van der Waals surface area contributed by atoms with Crippen molar-refractivity contribution >= 4 is 5.91 Å². The summed E-state index contributed by atoms with van der Waals surface area (Å²) < 4.78 is 24.7. The van der Waals surface area contributed by atoms with Crippen LogP contribution in [-0.2, 0) is 0 Å². The molecule has 0 aromatic heterocycles. The van der Waals surface area contributed by atoms with E-state index in [1.54, 1.807) is 17.9 Å². The molecule has 0 saturated carbocycles. The predicted molar refractivity (Wildman–Crippen MR) is 80.5 cm³/mol.